The first kappa shape index (κ1) is 13.3. The molecule has 0 saturated heterocycles. The Morgan fingerprint density at radius 1 is 0.909 bits per heavy atom. The van der Waals surface area contributed by atoms with Gasteiger partial charge < -0.3 is 5.73 Å². The summed E-state index contributed by atoms with van der Waals surface area (Å²) < 4.78 is 0. The topological polar surface area (TPSA) is 26.0 Å². The standard InChI is InChI=1S/C6H12.C3H6.CH5N/c1-2-4-6-5-3-1;1-3-2;1-2/h1-6H2;3H,1H2,2H3;2H2,1H3. The van der Waals surface area contributed by atoms with Crippen LogP contribution in [0.2, 0.25) is 0 Å². The van der Waals surface area contributed by atoms with Gasteiger partial charge in [0.05, 0.1) is 0 Å². The Labute approximate surface area is 71.7 Å². The van der Waals surface area contributed by atoms with E-state index in [0.717, 1.165) is 0 Å². The maximum atomic E-state index is 4.50. The number of hydrogen-bond donors (Lipinski definition) is 1. The third kappa shape index (κ3) is 17.7. The Balaban J connectivity index is 0. The summed E-state index contributed by atoms with van der Waals surface area (Å²) in [7, 11) is 1.50. The molecule has 0 spiro atoms. The molecule has 1 aliphatic rings. The molecule has 1 fully saturated rings. The maximum absolute atomic E-state index is 4.50. The molecule has 11 heavy (non-hydrogen) atoms. The fourth-order valence-corrected chi connectivity index (χ4v) is 1.06. The molecule has 0 aromatic heterocycles. The molecule has 0 bridgehead atoms. The van der Waals surface area contributed by atoms with Gasteiger partial charge in [0.2, 0.25) is 0 Å². The number of hydrogen-bond acceptors (Lipinski definition) is 1. The molecule has 2 N–H and O–H groups in total. The zero-order valence-corrected chi connectivity index (χ0v) is 8.10. The smallest absolute Gasteiger partial charge is 0.0195 e. The van der Waals surface area contributed by atoms with E-state index in [0.29, 0.717) is 0 Å². The Morgan fingerprint density at radius 3 is 1.09 bits per heavy atom. The Morgan fingerprint density at radius 2 is 1.00 bits per heavy atom. The lowest BCUT2D eigenvalue weighted by molar-refractivity contribution is 0.504. The normalized spacial score (nSPS) is 14.8. The van der Waals surface area contributed by atoms with E-state index in [4.69, 9.17) is 0 Å². The summed E-state index contributed by atoms with van der Waals surface area (Å²) in [6.45, 7) is 5.25. The van der Waals surface area contributed by atoms with Crippen molar-refractivity contribution in [1.29, 1.82) is 0 Å². The minimum Gasteiger partial charge on any atom is -0.333 e. The van der Waals surface area contributed by atoms with Crippen LogP contribution in [0.4, 0.5) is 0 Å². The van der Waals surface area contributed by atoms with Crippen molar-refractivity contribution in [2.45, 2.75) is 45.4 Å². The first-order valence-corrected chi connectivity index (χ1v) is 4.56. The van der Waals surface area contributed by atoms with E-state index < -0.39 is 0 Å². The van der Waals surface area contributed by atoms with E-state index >= 15 is 0 Å². The first-order valence-electron chi connectivity index (χ1n) is 4.56. The van der Waals surface area contributed by atoms with Crippen molar-refractivity contribution >= 4 is 0 Å². The molecule has 1 rings (SSSR count). The minimum atomic E-state index is 1.50. The van der Waals surface area contributed by atoms with E-state index in [9.17, 15) is 0 Å². The van der Waals surface area contributed by atoms with Gasteiger partial charge in [-0.25, -0.2) is 0 Å². The van der Waals surface area contributed by atoms with Crippen LogP contribution in [0.5, 0.6) is 0 Å². The summed E-state index contributed by atoms with van der Waals surface area (Å²) in [5.74, 6) is 0. The summed E-state index contributed by atoms with van der Waals surface area (Å²) in [6, 6.07) is 0. The summed E-state index contributed by atoms with van der Waals surface area (Å²) in [6.07, 6.45) is 10.8. The van der Waals surface area contributed by atoms with E-state index in [2.05, 4.69) is 12.3 Å². The Bertz CT molecular complexity index is 44.4. The van der Waals surface area contributed by atoms with Crippen LogP contribution in [-0.2, 0) is 0 Å². The van der Waals surface area contributed by atoms with Gasteiger partial charge in [-0.1, -0.05) is 44.6 Å². The minimum absolute atomic E-state index is 1.50. The lowest BCUT2D eigenvalue weighted by Crippen LogP contribution is -1.85. The van der Waals surface area contributed by atoms with Crippen molar-refractivity contribution in [3.8, 4) is 0 Å². The van der Waals surface area contributed by atoms with Crippen molar-refractivity contribution in [2.75, 3.05) is 7.05 Å². The molecule has 0 radical (unpaired) electrons. The Hall–Kier alpha value is -0.300. The first-order chi connectivity index (χ1) is 5.41. The molecule has 1 nitrogen and oxygen atoms in total. The second kappa shape index (κ2) is 16.4. The molecule has 1 aliphatic carbocycles. The molecular weight excluding hydrogens is 134 g/mol. The zero-order valence-electron chi connectivity index (χ0n) is 8.10. The molecule has 1 heteroatoms. The largest absolute Gasteiger partial charge is 0.333 e. The van der Waals surface area contributed by atoms with Gasteiger partial charge in [0.25, 0.3) is 0 Å². The highest BCUT2D eigenvalue weighted by atomic mass is 14.4. The van der Waals surface area contributed by atoms with E-state index in [-0.39, 0.29) is 0 Å². The van der Waals surface area contributed by atoms with Crippen molar-refractivity contribution in [3.05, 3.63) is 12.7 Å². The van der Waals surface area contributed by atoms with Gasteiger partial charge in [-0.2, -0.15) is 0 Å². The van der Waals surface area contributed by atoms with Crippen LogP contribution in [0, 0.1) is 0 Å². The predicted molar refractivity (Wildman–Crippen MR) is 53.7 cm³/mol. The summed E-state index contributed by atoms with van der Waals surface area (Å²) >= 11 is 0. The molecule has 0 unspecified atom stereocenters. The summed E-state index contributed by atoms with van der Waals surface area (Å²) in [4.78, 5) is 0. The molecule has 68 valence electrons. The average molecular weight is 157 g/mol. The van der Waals surface area contributed by atoms with Crippen LogP contribution < -0.4 is 5.73 Å². The van der Waals surface area contributed by atoms with Crippen molar-refractivity contribution < 1.29 is 0 Å². The fourth-order valence-electron chi connectivity index (χ4n) is 1.06. The SMILES string of the molecule is C1CCCCC1.C=CC.CN. The van der Waals surface area contributed by atoms with Crippen molar-refractivity contribution in [1.82, 2.24) is 0 Å². The van der Waals surface area contributed by atoms with Crippen molar-refractivity contribution in [3.63, 3.8) is 0 Å². The van der Waals surface area contributed by atoms with Crippen LogP contribution in [0.25, 0.3) is 0 Å². The molecule has 0 atom stereocenters. The van der Waals surface area contributed by atoms with Gasteiger partial charge in [0, 0.05) is 0 Å². The highest BCUT2D eigenvalue weighted by Gasteiger charge is 1.95. The lowest BCUT2D eigenvalue weighted by Gasteiger charge is -2.05. The van der Waals surface area contributed by atoms with Crippen molar-refractivity contribution in [2.24, 2.45) is 5.73 Å². The van der Waals surface area contributed by atoms with Crippen LogP contribution >= 0.6 is 0 Å². The summed E-state index contributed by atoms with van der Waals surface area (Å²) in [5.41, 5.74) is 4.50. The molecule has 0 aromatic rings. The molecule has 0 amide bonds. The van der Waals surface area contributed by atoms with Crippen LogP contribution in [-0.4, -0.2) is 7.05 Å². The predicted octanol–water partition coefficient (Wildman–Crippen LogP) is 3.11. The zero-order chi connectivity index (χ0) is 8.95. The quantitative estimate of drug-likeness (QED) is 0.537. The Kier molecular flexibility index (Phi) is 19.8. The highest BCUT2D eigenvalue weighted by molar-refractivity contribution is 4.51. The van der Waals surface area contributed by atoms with E-state index in [1.54, 1.807) is 6.08 Å². The second-order valence-electron chi connectivity index (χ2n) is 2.53. The van der Waals surface area contributed by atoms with Crippen LogP contribution in [0.1, 0.15) is 45.4 Å². The fraction of sp³-hybridized carbons (Fsp3) is 0.800. The van der Waals surface area contributed by atoms with Crippen LogP contribution in [0.3, 0.4) is 0 Å². The molecular formula is C10H23N. The van der Waals surface area contributed by atoms with Gasteiger partial charge in [0.15, 0.2) is 0 Å². The van der Waals surface area contributed by atoms with Gasteiger partial charge in [0.1, 0.15) is 0 Å². The molecule has 0 heterocycles. The van der Waals surface area contributed by atoms with E-state index in [1.165, 1.54) is 45.6 Å². The molecule has 0 aromatic carbocycles. The highest BCUT2D eigenvalue weighted by Crippen LogP contribution is 2.15. The second-order valence-corrected chi connectivity index (χ2v) is 2.53. The monoisotopic (exact) mass is 157 g/mol. The summed E-state index contributed by atoms with van der Waals surface area (Å²) in [5, 5.41) is 0. The van der Waals surface area contributed by atoms with Gasteiger partial charge in [-0.15, -0.1) is 6.58 Å². The number of rotatable bonds is 0. The van der Waals surface area contributed by atoms with Crippen LogP contribution in [0.15, 0.2) is 12.7 Å². The lowest BCUT2D eigenvalue weighted by atomic mass is 10.0. The third-order valence-electron chi connectivity index (χ3n) is 1.50. The third-order valence-corrected chi connectivity index (χ3v) is 1.50. The molecule has 1 saturated carbocycles. The average Bonchev–Trinajstić information content (AvgIpc) is 2.12. The van der Waals surface area contributed by atoms with E-state index in [1.807, 2.05) is 6.92 Å². The number of allylic oxidation sites excluding steroid dienone is 1. The van der Waals surface area contributed by atoms with Gasteiger partial charge in [-0.3, -0.25) is 0 Å². The van der Waals surface area contributed by atoms with Gasteiger partial charge >= 0.3 is 0 Å². The number of nitrogens with two attached hydrogens (primary N) is 1. The molecule has 0 aliphatic heterocycles. The van der Waals surface area contributed by atoms with Gasteiger partial charge in [-0.05, 0) is 14.0 Å². The maximum Gasteiger partial charge on any atom is -0.0195 e.